The van der Waals surface area contributed by atoms with Crippen LogP contribution in [0.2, 0.25) is 23.2 Å². The molecule has 0 saturated heterocycles. The lowest BCUT2D eigenvalue weighted by atomic mass is 10.2. The predicted octanol–water partition coefficient (Wildman–Crippen LogP) is 5.19. The highest BCUT2D eigenvalue weighted by atomic mass is 28.4. The van der Waals surface area contributed by atoms with Crippen LogP contribution in [-0.4, -0.2) is 30.2 Å². The number of hydrogen-bond donors (Lipinski definition) is 0. The van der Waals surface area contributed by atoms with Gasteiger partial charge >= 0.3 is 0 Å². The maximum Gasteiger partial charge on any atom is 0.295 e. The van der Waals surface area contributed by atoms with Crippen molar-refractivity contribution < 1.29 is 13.6 Å². The van der Waals surface area contributed by atoms with Gasteiger partial charge < -0.3 is 8.85 Å². The van der Waals surface area contributed by atoms with E-state index in [-0.39, 0.29) is 18.0 Å². The van der Waals surface area contributed by atoms with Crippen molar-refractivity contribution in [2.75, 3.05) is 0 Å². The molecule has 0 aromatic heterocycles. The van der Waals surface area contributed by atoms with Crippen LogP contribution in [0.5, 0.6) is 0 Å². The topological polar surface area (TPSA) is 35.5 Å². The van der Waals surface area contributed by atoms with Crippen LogP contribution < -0.4 is 0 Å². The second-order valence-electron chi connectivity index (χ2n) is 7.21. The van der Waals surface area contributed by atoms with E-state index in [1.807, 2.05) is 20.8 Å². The van der Waals surface area contributed by atoms with E-state index < -0.39 is 8.32 Å². The van der Waals surface area contributed by atoms with Gasteiger partial charge in [0.2, 0.25) is 9.76 Å². The summed E-state index contributed by atoms with van der Waals surface area (Å²) < 4.78 is 11.8. The van der Waals surface area contributed by atoms with Crippen LogP contribution in [0.4, 0.5) is 0 Å². The molecule has 0 amide bonds. The van der Waals surface area contributed by atoms with Gasteiger partial charge in [0.15, 0.2) is 0 Å². The van der Waals surface area contributed by atoms with E-state index in [0.717, 1.165) is 24.9 Å². The summed E-state index contributed by atoms with van der Waals surface area (Å²) in [6.45, 7) is 17.1. The van der Waals surface area contributed by atoms with Crippen LogP contribution in [0.3, 0.4) is 0 Å². The van der Waals surface area contributed by atoms with Crippen molar-refractivity contribution >= 4 is 24.0 Å². The normalized spacial score (nSPS) is 14.0. The SMILES string of the molecule is CCCC[Si](OC(=O)C(C)C[Si]OC(C)C)(C(C)C)C(C)C. The molecule has 0 aromatic carbocycles. The van der Waals surface area contributed by atoms with E-state index >= 15 is 0 Å². The summed E-state index contributed by atoms with van der Waals surface area (Å²) in [7, 11) is -1.67. The van der Waals surface area contributed by atoms with Crippen molar-refractivity contribution in [3.63, 3.8) is 0 Å². The molecule has 1 unspecified atom stereocenters. The van der Waals surface area contributed by atoms with Crippen LogP contribution >= 0.6 is 0 Å². The largest absolute Gasteiger partial charge is 0.518 e. The predicted molar refractivity (Wildman–Crippen MR) is 97.7 cm³/mol. The van der Waals surface area contributed by atoms with Crippen molar-refractivity contribution in [3.05, 3.63) is 0 Å². The summed E-state index contributed by atoms with van der Waals surface area (Å²) in [5.41, 5.74) is 0.925. The first-order chi connectivity index (χ1) is 10.2. The van der Waals surface area contributed by atoms with Gasteiger partial charge in [-0.2, -0.15) is 0 Å². The summed E-state index contributed by atoms with van der Waals surface area (Å²) in [5, 5.41) is 0. The zero-order chi connectivity index (χ0) is 17.3. The molecule has 0 N–H and O–H groups in total. The molecule has 3 nitrogen and oxygen atoms in total. The van der Waals surface area contributed by atoms with Gasteiger partial charge in [0.05, 0.1) is 5.92 Å². The Morgan fingerprint density at radius 3 is 2.00 bits per heavy atom. The Labute approximate surface area is 141 Å². The third-order valence-electron chi connectivity index (χ3n) is 4.28. The van der Waals surface area contributed by atoms with Gasteiger partial charge in [-0.3, -0.25) is 4.79 Å². The number of carbonyl (C=O) groups excluding carboxylic acids is 1. The van der Waals surface area contributed by atoms with E-state index in [1.54, 1.807) is 0 Å². The summed E-state index contributed by atoms with van der Waals surface area (Å²) >= 11 is 0. The highest BCUT2D eigenvalue weighted by Crippen LogP contribution is 2.39. The second kappa shape index (κ2) is 10.6. The lowest BCUT2D eigenvalue weighted by molar-refractivity contribution is -0.139. The molecular formula is C17H36O3Si2. The summed E-state index contributed by atoms with van der Waals surface area (Å²) in [5.74, 6) is -0.0758. The first-order valence-electron chi connectivity index (χ1n) is 8.78. The van der Waals surface area contributed by atoms with E-state index in [1.165, 1.54) is 0 Å². The molecule has 1 atom stereocenters. The molecule has 0 aliphatic rings. The number of unbranched alkanes of at least 4 members (excludes halogenated alkanes) is 1. The Bertz CT molecular complexity index is 309. The number of rotatable bonds is 11. The fourth-order valence-electron chi connectivity index (χ4n) is 2.69. The molecule has 0 aliphatic carbocycles. The summed E-state index contributed by atoms with van der Waals surface area (Å²) in [4.78, 5) is 12.6. The maximum atomic E-state index is 12.6. The molecule has 130 valence electrons. The Balaban J connectivity index is 4.79. The fraction of sp³-hybridized carbons (Fsp3) is 0.941. The van der Waals surface area contributed by atoms with Gasteiger partial charge in [0.25, 0.3) is 14.3 Å². The molecule has 0 spiro atoms. The molecule has 0 heterocycles. The smallest absolute Gasteiger partial charge is 0.295 e. The van der Waals surface area contributed by atoms with Gasteiger partial charge in [-0.05, 0) is 37.0 Å². The number of carbonyl (C=O) groups is 1. The minimum atomic E-state index is -2.05. The Morgan fingerprint density at radius 2 is 1.59 bits per heavy atom. The summed E-state index contributed by atoms with van der Waals surface area (Å²) in [6.07, 6.45) is 2.54. The zero-order valence-electron chi connectivity index (χ0n) is 15.9. The van der Waals surface area contributed by atoms with E-state index in [2.05, 4.69) is 34.6 Å². The van der Waals surface area contributed by atoms with Gasteiger partial charge in [0, 0.05) is 6.10 Å². The molecule has 5 heteroatoms. The van der Waals surface area contributed by atoms with Crippen LogP contribution in [0.1, 0.15) is 68.2 Å². The van der Waals surface area contributed by atoms with Gasteiger partial charge in [-0.15, -0.1) is 0 Å². The molecule has 0 aliphatic heterocycles. The lowest BCUT2D eigenvalue weighted by Gasteiger charge is -2.39. The highest BCUT2D eigenvalue weighted by Gasteiger charge is 2.45. The quantitative estimate of drug-likeness (QED) is 0.484. The summed E-state index contributed by atoms with van der Waals surface area (Å²) in [6, 6.07) is 1.85. The van der Waals surface area contributed by atoms with Crippen molar-refractivity contribution in [3.8, 4) is 0 Å². The molecule has 0 bridgehead atoms. The van der Waals surface area contributed by atoms with Crippen LogP contribution in [-0.2, 0) is 13.6 Å². The standard InChI is InChI=1S/C17H36O3Si2/c1-9-10-11-22(14(4)5,15(6)7)20-17(18)16(8)12-21-19-13(2)3/h13-16H,9-12H2,1-8H3. The molecule has 22 heavy (non-hydrogen) atoms. The van der Waals surface area contributed by atoms with Crippen molar-refractivity contribution in [2.45, 2.75) is 97.5 Å². The lowest BCUT2D eigenvalue weighted by Crippen LogP contribution is -2.47. The molecule has 0 rings (SSSR count). The molecule has 2 radical (unpaired) electrons. The average molecular weight is 345 g/mol. The van der Waals surface area contributed by atoms with Crippen LogP contribution in [0.25, 0.3) is 0 Å². The van der Waals surface area contributed by atoms with E-state index in [4.69, 9.17) is 8.85 Å². The third-order valence-corrected chi connectivity index (χ3v) is 11.3. The van der Waals surface area contributed by atoms with Crippen molar-refractivity contribution in [1.82, 2.24) is 0 Å². The minimum Gasteiger partial charge on any atom is -0.518 e. The van der Waals surface area contributed by atoms with Crippen molar-refractivity contribution in [1.29, 1.82) is 0 Å². The Hall–Kier alpha value is -0.136. The molecule has 0 saturated carbocycles. The maximum absolute atomic E-state index is 12.6. The first-order valence-corrected chi connectivity index (χ1v) is 12.2. The highest BCUT2D eigenvalue weighted by molar-refractivity contribution is 6.77. The molecular weight excluding hydrogens is 308 g/mol. The van der Waals surface area contributed by atoms with E-state index in [0.29, 0.717) is 20.8 Å². The Morgan fingerprint density at radius 1 is 1.05 bits per heavy atom. The second-order valence-corrected chi connectivity index (χ2v) is 13.1. The fourth-order valence-corrected chi connectivity index (χ4v) is 8.08. The zero-order valence-corrected chi connectivity index (χ0v) is 17.9. The monoisotopic (exact) mass is 344 g/mol. The van der Waals surface area contributed by atoms with Gasteiger partial charge in [-0.1, -0.05) is 54.4 Å². The Kier molecular flexibility index (Phi) is 10.5. The van der Waals surface area contributed by atoms with Crippen molar-refractivity contribution in [2.24, 2.45) is 5.92 Å². The third kappa shape index (κ3) is 6.96. The number of hydrogen-bond acceptors (Lipinski definition) is 3. The van der Waals surface area contributed by atoms with Crippen LogP contribution in [0, 0.1) is 5.92 Å². The van der Waals surface area contributed by atoms with Gasteiger partial charge in [0.1, 0.15) is 0 Å². The van der Waals surface area contributed by atoms with Gasteiger partial charge in [-0.25, -0.2) is 0 Å². The van der Waals surface area contributed by atoms with E-state index in [9.17, 15) is 4.79 Å². The minimum absolute atomic E-state index is 0.00924. The average Bonchev–Trinajstić information content (AvgIpc) is 2.41. The van der Waals surface area contributed by atoms with Crippen LogP contribution in [0.15, 0.2) is 0 Å². The molecule has 0 aromatic rings. The first kappa shape index (κ1) is 21.9. The molecule has 0 fully saturated rings.